The minimum Gasteiger partial charge on any atom is -0.402 e. The lowest BCUT2D eigenvalue weighted by Gasteiger charge is -2.68. The highest BCUT2D eigenvalue weighted by Gasteiger charge is 2.59. The number of aryl methyl sites for hydroxylation is 2. The van der Waals surface area contributed by atoms with Crippen LogP contribution in [-0.4, -0.2) is 104 Å². The summed E-state index contributed by atoms with van der Waals surface area (Å²) in [5.41, 5.74) is 4.94. The highest BCUT2D eigenvalue weighted by molar-refractivity contribution is 7.19. The third-order valence-corrected chi connectivity index (χ3v) is 10.3. The molecule has 182 valence electrons. The van der Waals surface area contributed by atoms with Gasteiger partial charge in [0, 0.05) is 28.1 Å². The predicted molar refractivity (Wildman–Crippen MR) is 175 cm³/mol. The highest BCUT2D eigenvalue weighted by atomic mass is 35.5. The Balaban J connectivity index is 1.94. The quantitative estimate of drug-likeness (QED) is 0.332. The zero-order chi connectivity index (χ0) is 27.0. The van der Waals surface area contributed by atoms with E-state index in [0.29, 0.717) is 11.1 Å². The van der Waals surface area contributed by atoms with Crippen LogP contribution in [0.2, 0.25) is 5.15 Å². The van der Waals surface area contributed by atoms with Gasteiger partial charge < -0.3 is 9.64 Å². The number of ether oxygens (including phenoxy) is 1. The van der Waals surface area contributed by atoms with Crippen LogP contribution in [0.3, 0.4) is 0 Å². The Labute approximate surface area is 231 Å². The molecule has 0 aromatic carbocycles. The van der Waals surface area contributed by atoms with Gasteiger partial charge in [0.05, 0.1) is 16.1 Å². The molecule has 4 heterocycles. The van der Waals surface area contributed by atoms with Gasteiger partial charge in [0.2, 0.25) is 0 Å². The van der Waals surface area contributed by atoms with Gasteiger partial charge in [-0.15, -0.1) is 0 Å². The lowest BCUT2D eigenvalue weighted by Crippen LogP contribution is -2.86. The molecule has 6 nitrogen and oxygen atoms in total. The molecular formula is C20H34B8ClN5OS. The number of aromatic nitrogens is 4. The van der Waals surface area contributed by atoms with Crippen LogP contribution >= 0.6 is 22.9 Å². The van der Waals surface area contributed by atoms with Crippen molar-refractivity contribution in [2.75, 3.05) is 4.90 Å². The predicted octanol–water partition coefficient (Wildman–Crippen LogP) is -3.46. The summed E-state index contributed by atoms with van der Waals surface area (Å²) in [6.45, 7) is 8.56. The molecule has 0 amide bonds. The second kappa shape index (κ2) is 8.94. The molecule has 0 saturated carbocycles. The van der Waals surface area contributed by atoms with Gasteiger partial charge in [-0.3, -0.25) is 0 Å². The van der Waals surface area contributed by atoms with E-state index in [1.807, 2.05) is 11.4 Å². The van der Waals surface area contributed by atoms with Crippen LogP contribution in [0.4, 0.5) is 5.13 Å². The number of fused-ring (bicyclic) bond motifs is 1. The van der Waals surface area contributed by atoms with E-state index in [2.05, 4.69) is 94.5 Å². The molecule has 1 fully saturated rings. The van der Waals surface area contributed by atoms with Gasteiger partial charge in [0.1, 0.15) is 67.9 Å². The number of thiazole rings is 1. The highest BCUT2D eigenvalue weighted by Crippen LogP contribution is 2.48. The molecule has 0 aliphatic carbocycles. The van der Waals surface area contributed by atoms with Gasteiger partial charge in [-0.1, -0.05) is 36.8 Å². The molecule has 0 atom stereocenters. The fraction of sp³-hybridized carbons (Fsp3) is 0.550. The molecule has 0 unspecified atom stereocenters. The first-order valence-electron chi connectivity index (χ1n) is 13.0. The van der Waals surface area contributed by atoms with E-state index in [0.717, 1.165) is 45.4 Å². The summed E-state index contributed by atoms with van der Waals surface area (Å²) in [7, 11) is 17.6. The van der Waals surface area contributed by atoms with E-state index in [4.69, 9.17) is 31.4 Å². The topological polar surface area (TPSA) is 55.5 Å². The zero-order valence-electron chi connectivity index (χ0n) is 24.0. The van der Waals surface area contributed by atoms with E-state index in [1.165, 1.54) is 5.69 Å². The fourth-order valence-corrected chi connectivity index (χ4v) is 7.36. The molecule has 1 aliphatic heterocycles. The van der Waals surface area contributed by atoms with E-state index in [9.17, 15) is 0 Å². The molecule has 1 aliphatic rings. The summed E-state index contributed by atoms with van der Waals surface area (Å²) >= 11 is 8.55. The number of hydrogen-bond donors (Lipinski definition) is 0. The van der Waals surface area contributed by atoms with Gasteiger partial charge in [0.25, 0.3) is 0 Å². The van der Waals surface area contributed by atoms with E-state index < -0.39 is 10.8 Å². The van der Waals surface area contributed by atoms with Crippen LogP contribution in [0.1, 0.15) is 49.7 Å². The van der Waals surface area contributed by atoms with Crippen molar-refractivity contribution in [3.63, 3.8) is 0 Å². The molecule has 0 radical (unpaired) electrons. The summed E-state index contributed by atoms with van der Waals surface area (Å²) in [4.78, 5) is 13.2. The van der Waals surface area contributed by atoms with Crippen molar-refractivity contribution in [1.29, 1.82) is 0 Å². The first-order chi connectivity index (χ1) is 16.5. The number of anilines is 1. The number of rotatable bonds is 5. The Morgan fingerprint density at radius 1 is 0.972 bits per heavy atom. The molecule has 1 saturated heterocycles. The monoisotopic (exact) mass is 515 g/mol. The first kappa shape index (κ1) is 27.8. The van der Waals surface area contributed by atoms with Crippen LogP contribution in [-0.2, 0) is 4.74 Å². The van der Waals surface area contributed by atoms with Gasteiger partial charge in [0.15, 0.2) is 10.8 Å². The molecule has 16 heteroatoms. The Kier molecular flexibility index (Phi) is 6.92. The van der Waals surface area contributed by atoms with Crippen LogP contribution in [0.25, 0.3) is 16.1 Å². The standard InChI is InChI=1S/C20H34B8ClN5OS/c1-5-10(6-2)11-7-8(3)30-15-12(9(4)32-33(11)15)13-14(29)31-16(36-13)34-17(21,22)19(25,26)35-20(27,28)18(34,23)24/h7,10H,5-6,21-28H2,1-4H3. The Bertz CT molecular complexity index is 1300. The van der Waals surface area contributed by atoms with Crippen molar-refractivity contribution in [3.05, 3.63) is 28.3 Å². The summed E-state index contributed by atoms with van der Waals surface area (Å²) < 4.78 is 8.71. The molecule has 0 spiro atoms. The molecular weight excluding hydrogens is 480 g/mol. The van der Waals surface area contributed by atoms with Gasteiger partial charge in [-0.2, -0.15) is 5.10 Å². The number of morpholine rings is 1. The van der Waals surface area contributed by atoms with Crippen molar-refractivity contribution in [2.45, 2.75) is 67.9 Å². The molecule has 0 N–H and O–H groups in total. The minimum absolute atomic E-state index is 0.335. The molecule has 4 rings (SSSR count). The Morgan fingerprint density at radius 3 is 2.06 bits per heavy atom. The third-order valence-electron chi connectivity index (χ3n) is 8.89. The second-order valence-electron chi connectivity index (χ2n) is 12.2. The summed E-state index contributed by atoms with van der Waals surface area (Å²) in [6.07, 6.45) is 2.11. The molecule has 0 bridgehead atoms. The van der Waals surface area contributed by atoms with Crippen molar-refractivity contribution in [2.24, 2.45) is 0 Å². The lowest BCUT2D eigenvalue weighted by atomic mass is 9.30. The summed E-state index contributed by atoms with van der Waals surface area (Å²) in [5.74, 6) is 0.424. The average Bonchev–Trinajstić information content (AvgIpc) is 3.25. The van der Waals surface area contributed by atoms with E-state index in [1.54, 1.807) is 11.3 Å². The van der Waals surface area contributed by atoms with Crippen molar-refractivity contribution in [3.8, 4) is 10.4 Å². The number of hydrogen-bond acceptors (Lipinski definition) is 6. The van der Waals surface area contributed by atoms with Gasteiger partial charge in [-0.05, 0) is 43.4 Å². The van der Waals surface area contributed by atoms with E-state index >= 15 is 0 Å². The summed E-state index contributed by atoms with van der Waals surface area (Å²) in [6, 6.07) is 2.17. The van der Waals surface area contributed by atoms with Crippen molar-refractivity contribution < 1.29 is 4.74 Å². The summed E-state index contributed by atoms with van der Waals surface area (Å²) in [5, 5.41) is 4.85. The lowest BCUT2D eigenvalue weighted by molar-refractivity contribution is -0.0253. The van der Waals surface area contributed by atoms with Crippen LogP contribution in [0.15, 0.2) is 6.07 Å². The maximum absolute atomic E-state index is 6.93. The van der Waals surface area contributed by atoms with Crippen molar-refractivity contribution in [1.82, 2.24) is 19.6 Å². The first-order valence-corrected chi connectivity index (χ1v) is 14.2. The van der Waals surface area contributed by atoms with Crippen LogP contribution in [0.5, 0.6) is 0 Å². The fourth-order valence-electron chi connectivity index (χ4n) is 5.68. The zero-order valence-corrected chi connectivity index (χ0v) is 25.6. The third kappa shape index (κ3) is 4.03. The molecule has 3 aromatic rings. The van der Waals surface area contributed by atoms with Gasteiger partial charge >= 0.3 is 0 Å². The average molecular weight is 515 g/mol. The van der Waals surface area contributed by atoms with Crippen LogP contribution in [0, 0.1) is 13.8 Å². The largest absolute Gasteiger partial charge is 0.402 e. The normalized spacial score (nSPS) is 20.2. The molecule has 3 aromatic heterocycles. The SMILES string of the molecule is BC1(B)OC(B)(B)C(B)(B)N(c2nc(Cl)c(-c3c(C)nn4c(C(CC)CC)cc(C)nc34)s2)C1(B)B. The number of halogens is 1. The Morgan fingerprint density at radius 2 is 1.53 bits per heavy atom. The second-order valence-corrected chi connectivity index (χ2v) is 13.6. The maximum atomic E-state index is 6.93. The molecule has 36 heavy (non-hydrogen) atoms. The van der Waals surface area contributed by atoms with Gasteiger partial charge in [-0.25, -0.2) is 14.5 Å². The smallest absolute Gasteiger partial charge is 0.185 e. The minimum atomic E-state index is -0.409. The Hall–Kier alpha value is -1.18. The number of nitrogens with zero attached hydrogens (tertiary/aromatic N) is 5. The maximum Gasteiger partial charge on any atom is 0.185 e. The van der Waals surface area contributed by atoms with Crippen LogP contribution < -0.4 is 4.90 Å². The van der Waals surface area contributed by atoms with E-state index in [-0.39, 0.29) is 10.7 Å². The van der Waals surface area contributed by atoms with Crippen molar-refractivity contribution >= 4 is 96.5 Å².